The van der Waals surface area contributed by atoms with Gasteiger partial charge in [0.05, 0.1) is 37.5 Å². The van der Waals surface area contributed by atoms with Crippen LogP contribution < -0.4 is 14.8 Å². The molecule has 4 rings (SSSR count). The van der Waals surface area contributed by atoms with Crippen molar-refractivity contribution in [1.29, 1.82) is 0 Å². The molecule has 3 aromatic carbocycles. The normalized spacial score (nSPS) is 11.0. The van der Waals surface area contributed by atoms with Gasteiger partial charge in [-0.1, -0.05) is 12.1 Å². The third kappa shape index (κ3) is 3.21. The first-order valence-electron chi connectivity index (χ1n) is 9.06. The van der Waals surface area contributed by atoms with E-state index in [2.05, 4.69) is 11.4 Å². The molecule has 0 unspecified atom stereocenters. The second-order valence-corrected chi connectivity index (χ2v) is 6.69. The molecule has 0 bridgehead atoms. The molecule has 1 aromatic heterocycles. The number of nitrogens with one attached hydrogen (secondary N) is 1. The summed E-state index contributed by atoms with van der Waals surface area (Å²) in [6.07, 6.45) is 0. The number of anilines is 2. The van der Waals surface area contributed by atoms with E-state index in [4.69, 9.17) is 14.5 Å². The van der Waals surface area contributed by atoms with Gasteiger partial charge in [0.2, 0.25) is 0 Å². The Morgan fingerprint density at radius 3 is 2.32 bits per heavy atom. The number of benzene rings is 3. The largest absolute Gasteiger partial charge is 0.497 e. The van der Waals surface area contributed by atoms with E-state index in [1.165, 1.54) is 0 Å². The van der Waals surface area contributed by atoms with Crippen molar-refractivity contribution in [2.45, 2.75) is 13.5 Å². The monoisotopic (exact) mass is 374 g/mol. The summed E-state index contributed by atoms with van der Waals surface area (Å²) < 4.78 is 10.9. The number of methoxy groups -OCH3 is 2. The predicted molar refractivity (Wildman–Crippen MR) is 113 cm³/mol. The summed E-state index contributed by atoms with van der Waals surface area (Å²) in [4.78, 5) is 4.83. The third-order valence-electron chi connectivity index (χ3n) is 4.90. The minimum absolute atomic E-state index is 0.0280. The summed E-state index contributed by atoms with van der Waals surface area (Å²) in [7, 11) is 3.32. The van der Waals surface area contributed by atoms with Crippen molar-refractivity contribution in [1.82, 2.24) is 4.98 Å². The minimum Gasteiger partial charge on any atom is -0.497 e. The molecule has 0 aliphatic rings. The molecule has 0 amide bonds. The highest BCUT2D eigenvalue weighted by Crippen LogP contribution is 2.37. The maximum absolute atomic E-state index is 9.28. The predicted octanol–water partition coefficient (Wildman–Crippen LogP) is 4.95. The molecule has 0 aliphatic carbocycles. The summed E-state index contributed by atoms with van der Waals surface area (Å²) in [6.45, 7) is 2.05. The Kier molecular flexibility index (Phi) is 4.75. The molecule has 0 aliphatic heterocycles. The molecule has 1 heterocycles. The van der Waals surface area contributed by atoms with Crippen LogP contribution >= 0.6 is 0 Å². The third-order valence-corrected chi connectivity index (χ3v) is 4.90. The molecule has 5 nitrogen and oxygen atoms in total. The molecule has 0 atom stereocenters. The SMILES string of the molecule is COc1ccc2c(Nc3ccc(CO)cc3)c3cc(C)c(OC)cc3nc2c1. The van der Waals surface area contributed by atoms with Gasteiger partial charge in [-0.2, -0.15) is 0 Å². The van der Waals surface area contributed by atoms with E-state index in [0.29, 0.717) is 0 Å². The number of aliphatic hydroxyl groups is 1. The Hall–Kier alpha value is -3.31. The van der Waals surface area contributed by atoms with Gasteiger partial charge >= 0.3 is 0 Å². The number of aromatic nitrogens is 1. The molecule has 0 saturated heterocycles. The van der Waals surface area contributed by atoms with Gasteiger partial charge in [0.1, 0.15) is 11.5 Å². The fraction of sp³-hybridized carbons (Fsp3) is 0.174. The number of ether oxygens (including phenoxy) is 2. The Bertz CT molecular complexity index is 1150. The van der Waals surface area contributed by atoms with Crippen molar-refractivity contribution in [2.24, 2.45) is 0 Å². The highest BCUT2D eigenvalue weighted by atomic mass is 16.5. The Labute approximate surface area is 163 Å². The number of hydrogen-bond donors (Lipinski definition) is 2. The lowest BCUT2D eigenvalue weighted by molar-refractivity contribution is 0.282. The van der Waals surface area contributed by atoms with Crippen molar-refractivity contribution < 1.29 is 14.6 Å². The van der Waals surface area contributed by atoms with Crippen LogP contribution in [0.5, 0.6) is 11.5 Å². The zero-order chi connectivity index (χ0) is 19.7. The zero-order valence-electron chi connectivity index (χ0n) is 16.1. The van der Waals surface area contributed by atoms with Crippen LogP contribution in [-0.2, 0) is 6.61 Å². The summed E-state index contributed by atoms with van der Waals surface area (Å²) in [5, 5.41) is 14.8. The number of aliphatic hydroxyl groups excluding tert-OH is 1. The van der Waals surface area contributed by atoms with E-state index >= 15 is 0 Å². The van der Waals surface area contributed by atoms with Crippen LogP contribution in [0, 0.1) is 6.92 Å². The molecule has 0 spiro atoms. The zero-order valence-corrected chi connectivity index (χ0v) is 16.1. The van der Waals surface area contributed by atoms with Crippen LogP contribution in [0.3, 0.4) is 0 Å². The van der Waals surface area contributed by atoms with Crippen LogP contribution in [0.2, 0.25) is 0 Å². The maximum atomic E-state index is 9.28. The summed E-state index contributed by atoms with van der Waals surface area (Å²) in [6, 6.07) is 17.7. The van der Waals surface area contributed by atoms with E-state index in [0.717, 1.165) is 55.8 Å². The van der Waals surface area contributed by atoms with Gasteiger partial charge in [-0.15, -0.1) is 0 Å². The number of hydrogen-bond acceptors (Lipinski definition) is 5. The first-order chi connectivity index (χ1) is 13.6. The standard InChI is InChI=1S/C23H22N2O3/c1-14-10-19-21(12-22(14)28-3)25-20-11-17(27-2)8-9-18(20)23(19)24-16-6-4-15(13-26)5-7-16/h4-12,26H,13H2,1-3H3,(H,24,25). The molecular weight excluding hydrogens is 352 g/mol. The van der Waals surface area contributed by atoms with Crippen molar-refractivity contribution in [3.63, 3.8) is 0 Å². The van der Waals surface area contributed by atoms with Crippen molar-refractivity contribution in [3.05, 3.63) is 65.7 Å². The topological polar surface area (TPSA) is 63.6 Å². The smallest absolute Gasteiger partial charge is 0.123 e. The lowest BCUT2D eigenvalue weighted by Crippen LogP contribution is -1.97. The van der Waals surface area contributed by atoms with E-state index in [-0.39, 0.29) is 6.61 Å². The lowest BCUT2D eigenvalue weighted by Gasteiger charge is -2.16. The van der Waals surface area contributed by atoms with Crippen LogP contribution in [0.1, 0.15) is 11.1 Å². The molecular formula is C23H22N2O3. The lowest BCUT2D eigenvalue weighted by atomic mass is 10.0. The Morgan fingerprint density at radius 2 is 1.64 bits per heavy atom. The summed E-state index contributed by atoms with van der Waals surface area (Å²) in [5.74, 6) is 1.57. The van der Waals surface area contributed by atoms with Crippen LogP contribution in [-0.4, -0.2) is 24.3 Å². The van der Waals surface area contributed by atoms with Crippen molar-refractivity contribution in [2.75, 3.05) is 19.5 Å². The van der Waals surface area contributed by atoms with Gasteiger partial charge in [-0.25, -0.2) is 4.98 Å². The first kappa shape index (κ1) is 18.1. The number of rotatable bonds is 5. The number of pyridine rings is 1. The van der Waals surface area contributed by atoms with Crippen LogP contribution in [0.15, 0.2) is 54.6 Å². The highest BCUT2D eigenvalue weighted by molar-refractivity contribution is 6.09. The highest BCUT2D eigenvalue weighted by Gasteiger charge is 2.13. The summed E-state index contributed by atoms with van der Waals surface area (Å²) in [5.41, 5.74) is 5.52. The molecule has 0 radical (unpaired) electrons. The average Bonchev–Trinajstić information content (AvgIpc) is 2.73. The Morgan fingerprint density at radius 1 is 0.893 bits per heavy atom. The molecule has 5 heteroatoms. The fourth-order valence-corrected chi connectivity index (χ4v) is 3.38. The second-order valence-electron chi connectivity index (χ2n) is 6.69. The molecule has 0 fully saturated rings. The van der Waals surface area contributed by atoms with Gasteiger partial charge in [0.25, 0.3) is 0 Å². The number of aryl methyl sites for hydroxylation is 1. The summed E-state index contributed by atoms with van der Waals surface area (Å²) >= 11 is 0. The van der Waals surface area contributed by atoms with Crippen LogP contribution in [0.4, 0.5) is 11.4 Å². The van der Waals surface area contributed by atoms with Gasteiger partial charge in [-0.05, 0) is 48.4 Å². The second kappa shape index (κ2) is 7.37. The maximum Gasteiger partial charge on any atom is 0.123 e. The Balaban J connectivity index is 1.96. The van der Waals surface area contributed by atoms with E-state index < -0.39 is 0 Å². The molecule has 2 N–H and O–H groups in total. The van der Waals surface area contributed by atoms with Gasteiger partial charge in [0, 0.05) is 28.6 Å². The molecule has 142 valence electrons. The van der Waals surface area contributed by atoms with Gasteiger partial charge in [-0.3, -0.25) is 0 Å². The first-order valence-corrected chi connectivity index (χ1v) is 9.06. The van der Waals surface area contributed by atoms with Gasteiger partial charge < -0.3 is 19.9 Å². The molecule has 4 aromatic rings. The number of nitrogens with zero attached hydrogens (tertiary/aromatic N) is 1. The van der Waals surface area contributed by atoms with E-state index in [1.807, 2.05) is 55.5 Å². The quantitative estimate of drug-likeness (QED) is 0.484. The number of fused-ring (bicyclic) bond motifs is 2. The van der Waals surface area contributed by atoms with Crippen molar-refractivity contribution >= 4 is 33.2 Å². The van der Waals surface area contributed by atoms with Crippen LogP contribution in [0.25, 0.3) is 21.8 Å². The average molecular weight is 374 g/mol. The fourth-order valence-electron chi connectivity index (χ4n) is 3.38. The van der Waals surface area contributed by atoms with Gasteiger partial charge in [0.15, 0.2) is 0 Å². The minimum atomic E-state index is 0.0280. The van der Waals surface area contributed by atoms with E-state index in [1.54, 1.807) is 14.2 Å². The van der Waals surface area contributed by atoms with Crippen molar-refractivity contribution in [3.8, 4) is 11.5 Å². The molecule has 0 saturated carbocycles. The molecule has 28 heavy (non-hydrogen) atoms. The van der Waals surface area contributed by atoms with E-state index in [9.17, 15) is 5.11 Å².